The van der Waals surface area contributed by atoms with E-state index in [4.69, 9.17) is 9.47 Å². The standard InChI is InChI=1S/C13H19N3O2/c1-4-14-9-11(1)18-13-12(15-5-6-16-13)10-2-7-17-8-3-10/h5-6,10-11,14H,1-4,7-9H2/t11-/m1/s1. The van der Waals surface area contributed by atoms with Crippen molar-refractivity contribution in [1.82, 2.24) is 15.3 Å². The van der Waals surface area contributed by atoms with Gasteiger partial charge in [-0.1, -0.05) is 0 Å². The van der Waals surface area contributed by atoms with Crippen molar-refractivity contribution in [2.24, 2.45) is 0 Å². The average Bonchev–Trinajstić information content (AvgIpc) is 2.93. The predicted molar refractivity (Wildman–Crippen MR) is 66.7 cm³/mol. The van der Waals surface area contributed by atoms with E-state index >= 15 is 0 Å². The van der Waals surface area contributed by atoms with Crippen LogP contribution in [-0.4, -0.2) is 42.4 Å². The molecule has 0 amide bonds. The van der Waals surface area contributed by atoms with Crippen LogP contribution in [0.4, 0.5) is 0 Å². The molecule has 1 atom stereocenters. The number of aromatic nitrogens is 2. The number of hydrogen-bond acceptors (Lipinski definition) is 5. The van der Waals surface area contributed by atoms with Crippen molar-refractivity contribution in [2.75, 3.05) is 26.3 Å². The van der Waals surface area contributed by atoms with Gasteiger partial charge in [0.25, 0.3) is 0 Å². The normalized spacial score (nSPS) is 25.2. The molecule has 2 aliphatic heterocycles. The van der Waals surface area contributed by atoms with Crippen LogP contribution in [-0.2, 0) is 4.74 Å². The third kappa shape index (κ3) is 2.62. The molecular formula is C13H19N3O2. The van der Waals surface area contributed by atoms with E-state index in [1.165, 1.54) is 0 Å². The smallest absolute Gasteiger partial charge is 0.236 e. The molecule has 0 aliphatic carbocycles. The van der Waals surface area contributed by atoms with E-state index in [2.05, 4.69) is 15.3 Å². The maximum absolute atomic E-state index is 5.98. The predicted octanol–water partition coefficient (Wildman–Crippen LogP) is 1.11. The number of nitrogens with one attached hydrogen (secondary N) is 1. The lowest BCUT2D eigenvalue weighted by atomic mass is 9.96. The molecule has 5 heteroatoms. The summed E-state index contributed by atoms with van der Waals surface area (Å²) in [6.07, 6.45) is 6.77. The molecule has 0 bridgehead atoms. The second kappa shape index (κ2) is 5.63. The Balaban J connectivity index is 1.75. The third-order valence-electron chi connectivity index (χ3n) is 3.59. The van der Waals surface area contributed by atoms with Crippen LogP contribution < -0.4 is 10.1 Å². The lowest BCUT2D eigenvalue weighted by Gasteiger charge is -2.23. The van der Waals surface area contributed by atoms with Crippen molar-refractivity contribution in [1.29, 1.82) is 0 Å². The van der Waals surface area contributed by atoms with Gasteiger partial charge in [0.05, 0.1) is 0 Å². The van der Waals surface area contributed by atoms with E-state index in [1.807, 2.05) is 0 Å². The number of nitrogens with zero attached hydrogens (tertiary/aromatic N) is 2. The molecule has 1 N–H and O–H groups in total. The fraction of sp³-hybridized carbons (Fsp3) is 0.692. The Labute approximate surface area is 107 Å². The SMILES string of the molecule is c1cnc(C2CCOCC2)c(O[C@@H]2CCNC2)n1. The first kappa shape index (κ1) is 11.9. The second-order valence-corrected chi connectivity index (χ2v) is 4.87. The molecule has 0 spiro atoms. The first-order chi connectivity index (χ1) is 8.93. The lowest BCUT2D eigenvalue weighted by molar-refractivity contribution is 0.0829. The number of ether oxygens (including phenoxy) is 2. The van der Waals surface area contributed by atoms with Gasteiger partial charge in [0.1, 0.15) is 11.8 Å². The van der Waals surface area contributed by atoms with E-state index in [-0.39, 0.29) is 6.10 Å². The summed E-state index contributed by atoms with van der Waals surface area (Å²) in [5.74, 6) is 1.15. The van der Waals surface area contributed by atoms with Crippen molar-refractivity contribution >= 4 is 0 Å². The molecule has 2 saturated heterocycles. The quantitative estimate of drug-likeness (QED) is 0.869. The molecule has 0 unspecified atom stereocenters. The Bertz CT molecular complexity index is 388. The summed E-state index contributed by atoms with van der Waals surface area (Å²) in [6.45, 7) is 3.55. The highest BCUT2D eigenvalue weighted by Gasteiger charge is 2.24. The van der Waals surface area contributed by atoms with E-state index in [9.17, 15) is 0 Å². The first-order valence-corrected chi connectivity index (χ1v) is 6.69. The van der Waals surface area contributed by atoms with Gasteiger partial charge in [0.2, 0.25) is 5.88 Å². The molecule has 1 aromatic heterocycles. The van der Waals surface area contributed by atoms with Crippen LogP contribution in [0.25, 0.3) is 0 Å². The molecule has 1 aromatic rings. The van der Waals surface area contributed by atoms with E-state index in [0.717, 1.165) is 57.1 Å². The van der Waals surface area contributed by atoms with Crippen molar-refractivity contribution < 1.29 is 9.47 Å². The van der Waals surface area contributed by atoms with Crippen LogP contribution in [0.15, 0.2) is 12.4 Å². The zero-order valence-corrected chi connectivity index (χ0v) is 10.5. The zero-order chi connectivity index (χ0) is 12.2. The molecule has 98 valence electrons. The Kier molecular flexibility index (Phi) is 3.71. The highest BCUT2D eigenvalue weighted by Crippen LogP contribution is 2.31. The highest BCUT2D eigenvalue weighted by molar-refractivity contribution is 5.22. The summed E-state index contributed by atoms with van der Waals surface area (Å²) in [7, 11) is 0. The summed E-state index contributed by atoms with van der Waals surface area (Å²) in [6, 6.07) is 0. The summed E-state index contributed by atoms with van der Waals surface area (Å²) >= 11 is 0. The minimum absolute atomic E-state index is 0.236. The molecular weight excluding hydrogens is 230 g/mol. The third-order valence-corrected chi connectivity index (χ3v) is 3.59. The average molecular weight is 249 g/mol. The van der Waals surface area contributed by atoms with Gasteiger partial charge in [0, 0.05) is 38.1 Å². The Morgan fingerprint density at radius 3 is 2.78 bits per heavy atom. The van der Waals surface area contributed by atoms with Gasteiger partial charge in [-0.15, -0.1) is 0 Å². The van der Waals surface area contributed by atoms with Gasteiger partial charge in [-0.3, -0.25) is 4.98 Å². The van der Waals surface area contributed by atoms with Gasteiger partial charge in [-0.05, 0) is 25.8 Å². The molecule has 3 rings (SSSR count). The monoisotopic (exact) mass is 249 g/mol. The second-order valence-electron chi connectivity index (χ2n) is 4.87. The van der Waals surface area contributed by atoms with Gasteiger partial charge >= 0.3 is 0 Å². The molecule has 0 saturated carbocycles. The number of hydrogen-bond donors (Lipinski definition) is 1. The van der Waals surface area contributed by atoms with Gasteiger partial charge in [-0.25, -0.2) is 4.98 Å². The fourth-order valence-electron chi connectivity index (χ4n) is 2.56. The first-order valence-electron chi connectivity index (χ1n) is 6.69. The van der Waals surface area contributed by atoms with Crippen LogP contribution in [0, 0.1) is 0 Å². The Morgan fingerprint density at radius 1 is 1.17 bits per heavy atom. The van der Waals surface area contributed by atoms with E-state index in [1.54, 1.807) is 12.4 Å². The molecule has 3 heterocycles. The fourth-order valence-corrected chi connectivity index (χ4v) is 2.56. The van der Waals surface area contributed by atoms with Gasteiger partial charge < -0.3 is 14.8 Å². The molecule has 5 nitrogen and oxygen atoms in total. The molecule has 18 heavy (non-hydrogen) atoms. The van der Waals surface area contributed by atoms with Crippen LogP contribution >= 0.6 is 0 Å². The zero-order valence-electron chi connectivity index (χ0n) is 10.5. The summed E-state index contributed by atoms with van der Waals surface area (Å²) < 4.78 is 11.4. The topological polar surface area (TPSA) is 56.3 Å². The molecule has 2 aliphatic rings. The Morgan fingerprint density at radius 2 is 2.00 bits per heavy atom. The summed E-state index contributed by atoms with van der Waals surface area (Å²) in [5, 5.41) is 3.30. The maximum atomic E-state index is 5.98. The van der Waals surface area contributed by atoms with Gasteiger partial charge in [-0.2, -0.15) is 0 Å². The number of rotatable bonds is 3. The molecule has 0 radical (unpaired) electrons. The van der Waals surface area contributed by atoms with Crippen LogP contribution in [0.2, 0.25) is 0 Å². The summed E-state index contributed by atoms with van der Waals surface area (Å²) in [5.41, 5.74) is 1.01. The van der Waals surface area contributed by atoms with Gasteiger partial charge in [0.15, 0.2) is 0 Å². The van der Waals surface area contributed by atoms with Crippen molar-refractivity contribution in [2.45, 2.75) is 31.3 Å². The molecule has 2 fully saturated rings. The van der Waals surface area contributed by atoms with Crippen LogP contribution in [0.1, 0.15) is 30.9 Å². The highest BCUT2D eigenvalue weighted by atomic mass is 16.5. The van der Waals surface area contributed by atoms with E-state index < -0.39 is 0 Å². The van der Waals surface area contributed by atoms with Crippen molar-refractivity contribution in [3.05, 3.63) is 18.1 Å². The lowest BCUT2D eigenvalue weighted by Crippen LogP contribution is -2.22. The van der Waals surface area contributed by atoms with Crippen molar-refractivity contribution in [3.8, 4) is 5.88 Å². The van der Waals surface area contributed by atoms with Crippen LogP contribution in [0.5, 0.6) is 5.88 Å². The summed E-state index contributed by atoms with van der Waals surface area (Å²) in [4.78, 5) is 8.85. The minimum Gasteiger partial charge on any atom is -0.472 e. The minimum atomic E-state index is 0.236. The molecule has 0 aromatic carbocycles. The van der Waals surface area contributed by atoms with Crippen molar-refractivity contribution in [3.63, 3.8) is 0 Å². The van der Waals surface area contributed by atoms with E-state index in [0.29, 0.717) is 5.92 Å². The largest absolute Gasteiger partial charge is 0.472 e. The van der Waals surface area contributed by atoms with Crippen LogP contribution in [0.3, 0.4) is 0 Å². The Hall–Kier alpha value is -1.20. The maximum Gasteiger partial charge on any atom is 0.236 e.